The summed E-state index contributed by atoms with van der Waals surface area (Å²) in [6.07, 6.45) is 0. The van der Waals surface area contributed by atoms with Crippen LogP contribution in [0.1, 0.15) is 5.69 Å². The Balaban J connectivity index is 1.69. The van der Waals surface area contributed by atoms with E-state index in [1.54, 1.807) is 26.4 Å². The first-order valence-electron chi connectivity index (χ1n) is 8.19. The predicted molar refractivity (Wildman–Crippen MR) is 104 cm³/mol. The average molecular weight is 380 g/mol. The van der Waals surface area contributed by atoms with Crippen LogP contribution >= 0.6 is 11.3 Å². The third kappa shape index (κ3) is 3.15. The van der Waals surface area contributed by atoms with Crippen LogP contribution in [0.25, 0.3) is 21.5 Å². The molecule has 136 valence electrons. The van der Waals surface area contributed by atoms with Crippen LogP contribution in [0.15, 0.2) is 52.6 Å². The zero-order chi connectivity index (χ0) is 18.8. The molecule has 4 aromatic rings. The van der Waals surface area contributed by atoms with Crippen molar-refractivity contribution in [3.8, 4) is 22.1 Å². The van der Waals surface area contributed by atoms with E-state index in [1.165, 1.54) is 16.0 Å². The smallest absolute Gasteiger partial charge is 0.277 e. The molecule has 0 unspecified atom stereocenters. The van der Waals surface area contributed by atoms with Crippen molar-refractivity contribution in [2.24, 2.45) is 0 Å². The zero-order valence-electron chi connectivity index (χ0n) is 14.7. The molecule has 0 aliphatic rings. The molecule has 4 rings (SSSR count). The first kappa shape index (κ1) is 17.2. The van der Waals surface area contributed by atoms with Gasteiger partial charge in [-0.1, -0.05) is 23.4 Å². The highest BCUT2D eigenvalue weighted by Crippen LogP contribution is 2.38. The van der Waals surface area contributed by atoms with Crippen molar-refractivity contribution in [3.63, 3.8) is 0 Å². The Labute approximate surface area is 158 Å². The Morgan fingerprint density at radius 1 is 1.07 bits per heavy atom. The molecule has 27 heavy (non-hydrogen) atoms. The number of rotatable bonds is 5. The largest absolute Gasteiger partial charge is 0.493 e. The van der Waals surface area contributed by atoms with Gasteiger partial charge in [-0.25, -0.2) is 9.67 Å². The van der Waals surface area contributed by atoms with E-state index in [0.29, 0.717) is 22.4 Å². The minimum Gasteiger partial charge on any atom is -0.493 e. The molecule has 0 radical (unpaired) electrons. The fourth-order valence-electron chi connectivity index (χ4n) is 2.84. The minimum absolute atomic E-state index is 0.186. The molecule has 2 aromatic carbocycles. The lowest BCUT2D eigenvalue weighted by atomic mass is 10.2. The number of aromatic nitrogens is 4. The van der Waals surface area contributed by atoms with Crippen LogP contribution in [0, 0.1) is 0 Å². The minimum atomic E-state index is -0.186. The van der Waals surface area contributed by atoms with Gasteiger partial charge in [0.2, 0.25) is 0 Å². The van der Waals surface area contributed by atoms with Gasteiger partial charge in [-0.05, 0) is 24.3 Å². The van der Waals surface area contributed by atoms with Crippen LogP contribution in [0.4, 0.5) is 0 Å². The van der Waals surface area contributed by atoms with Gasteiger partial charge in [0.05, 0.1) is 37.4 Å². The van der Waals surface area contributed by atoms with Crippen molar-refractivity contribution in [1.82, 2.24) is 20.0 Å². The van der Waals surface area contributed by atoms with Gasteiger partial charge < -0.3 is 9.47 Å². The van der Waals surface area contributed by atoms with E-state index < -0.39 is 0 Å². The number of methoxy groups -OCH3 is 2. The maximum atomic E-state index is 12.6. The lowest BCUT2D eigenvalue weighted by Gasteiger charge is -2.10. The Kier molecular flexibility index (Phi) is 4.55. The normalized spacial score (nSPS) is 10.9. The van der Waals surface area contributed by atoms with Gasteiger partial charge in [0.25, 0.3) is 5.56 Å². The Morgan fingerprint density at radius 2 is 1.93 bits per heavy atom. The molecule has 0 saturated carbocycles. The summed E-state index contributed by atoms with van der Waals surface area (Å²) in [6.45, 7) is 0.249. The van der Waals surface area contributed by atoms with Crippen molar-refractivity contribution in [1.29, 1.82) is 0 Å². The van der Waals surface area contributed by atoms with Gasteiger partial charge in [-0.2, -0.15) is 0 Å². The Bertz CT molecular complexity index is 1170. The average Bonchev–Trinajstić information content (AvgIpc) is 3.18. The molecule has 7 nitrogen and oxygen atoms in total. The molecule has 0 spiro atoms. The molecule has 0 amide bonds. The van der Waals surface area contributed by atoms with Gasteiger partial charge in [0, 0.05) is 5.38 Å². The highest BCUT2D eigenvalue weighted by Gasteiger charge is 2.15. The standard InChI is InChI=1S/C19H16N4O3S/c1-25-16-9-5-7-14(17(16)26-2)18-20-12(11-27-18)10-23-19(24)13-6-3-4-8-15(13)21-22-23/h3-9,11H,10H2,1-2H3. The van der Waals surface area contributed by atoms with E-state index in [9.17, 15) is 4.79 Å². The molecule has 0 saturated heterocycles. The number of hydrogen-bond donors (Lipinski definition) is 0. The van der Waals surface area contributed by atoms with Crippen LogP contribution in [0.2, 0.25) is 0 Å². The van der Waals surface area contributed by atoms with Crippen LogP contribution in [0.3, 0.4) is 0 Å². The molecule has 0 atom stereocenters. The summed E-state index contributed by atoms with van der Waals surface area (Å²) < 4.78 is 12.1. The maximum Gasteiger partial charge on any atom is 0.277 e. The molecule has 0 aliphatic heterocycles. The van der Waals surface area contributed by atoms with E-state index in [0.717, 1.165) is 16.3 Å². The monoisotopic (exact) mass is 380 g/mol. The SMILES string of the molecule is COc1cccc(-c2nc(Cn3nnc4ccccc4c3=O)cs2)c1OC. The number of thiazole rings is 1. The lowest BCUT2D eigenvalue weighted by Crippen LogP contribution is -2.24. The number of hydrogen-bond acceptors (Lipinski definition) is 7. The van der Waals surface area contributed by atoms with Gasteiger partial charge >= 0.3 is 0 Å². The van der Waals surface area contributed by atoms with Gasteiger partial charge in [0.15, 0.2) is 11.5 Å². The predicted octanol–water partition coefficient (Wildman–Crippen LogP) is 2.98. The first-order chi connectivity index (χ1) is 13.2. The molecule has 0 bridgehead atoms. The van der Waals surface area contributed by atoms with Crippen LogP contribution < -0.4 is 15.0 Å². The van der Waals surface area contributed by atoms with Crippen LogP contribution in [0.5, 0.6) is 11.5 Å². The summed E-state index contributed by atoms with van der Waals surface area (Å²) in [7, 11) is 3.19. The number of benzene rings is 2. The lowest BCUT2D eigenvalue weighted by molar-refractivity contribution is 0.356. The van der Waals surface area contributed by atoms with Crippen LogP contribution in [-0.2, 0) is 6.54 Å². The highest BCUT2D eigenvalue weighted by molar-refractivity contribution is 7.13. The fourth-order valence-corrected chi connectivity index (χ4v) is 3.67. The van der Waals surface area contributed by atoms with Gasteiger partial charge in [-0.15, -0.1) is 16.4 Å². The molecule has 2 aromatic heterocycles. The molecule has 8 heteroatoms. The summed E-state index contributed by atoms with van der Waals surface area (Å²) in [4.78, 5) is 17.2. The highest BCUT2D eigenvalue weighted by atomic mass is 32.1. The number of para-hydroxylation sites is 1. The molecule has 2 heterocycles. The van der Waals surface area contributed by atoms with E-state index in [2.05, 4.69) is 15.3 Å². The van der Waals surface area contributed by atoms with E-state index in [4.69, 9.17) is 9.47 Å². The number of ether oxygens (including phenoxy) is 2. The zero-order valence-corrected chi connectivity index (χ0v) is 15.6. The second-order valence-electron chi connectivity index (χ2n) is 5.75. The summed E-state index contributed by atoms with van der Waals surface area (Å²) in [5, 5.41) is 11.3. The summed E-state index contributed by atoms with van der Waals surface area (Å²) in [5.41, 5.74) is 1.96. The molecular weight excluding hydrogens is 364 g/mol. The number of fused-ring (bicyclic) bond motifs is 1. The van der Waals surface area contributed by atoms with Crippen molar-refractivity contribution < 1.29 is 9.47 Å². The van der Waals surface area contributed by atoms with Crippen LogP contribution in [-0.4, -0.2) is 34.2 Å². The third-order valence-corrected chi connectivity index (χ3v) is 5.05. The molecular formula is C19H16N4O3S. The third-order valence-electron chi connectivity index (χ3n) is 4.13. The van der Waals surface area contributed by atoms with Crippen molar-refractivity contribution in [2.75, 3.05) is 14.2 Å². The van der Waals surface area contributed by atoms with Crippen molar-refractivity contribution >= 4 is 22.2 Å². The molecule has 0 fully saturated rings. The Morgan fingerprint density at radius 3 is 2.74 bits per heavy atom. The molecule has 0 N–H and O–H groups in total. The summed E-state index contributed by atoms with van der Waals surface area (Å²) in [5.74, 6) is 1.27. The molecule has 0 aliphatic carbocycles. The fraction of sp³-hybridized carbons (Fsp3) is 0.158. The first-order valence-corrected chi connectivity index (χ1v) is 9.07. The summed E-state index contributed by atoms with van der Waals surface area (Å²) in [6, 6.07) is 12.8. The quantitative estimate of drug-likeness (QED) is 0.530. The van der Waals surface area contributed by atoms with E-state index in [-0.39, 0.29) is 12.1 Å². The Hall–Kier alpha value is -3.26. The van der Waals surface area contributed by atoms with Gasteiger partial charge in [0.1, 0.15) is 10.5 Å². The second kappa shape index (κ2) is 7.16. The van der Waals surface area contributed by atoms with Gasteiger partial charge in [-0.3, -0.25) is 4.79 Å². The van der Waals surface area contributed by atoms with E-state index in [1.807, 2.05) is 35.7 Å². The second-order valence-corrected chi connectivity index (χ2v) is 6.61. The van der Waals surface area contributed by atoms with Crippen molar-refractivity contribution in [3.05, 3.63) is 63.9 Å². The topological polar surface area (TPSA) is 79.1 Å². The van der Waals surface area contributed by atoms with E-state index >= 15 is 0 Å². The van der Waals surface area contributed by atoms with Crippen molar-refractivity contribution in [2.45, 2.75) is 6.54 Å². The summed E-state index contributed by atoms with van der Waals surface area (Å²) >= 11 is 1.47. The maximum absolute atomic E-state index is 12.6. The number of nitrogens with zero attached hydrogens (tertiary/aromatic N) is 4.